The molecule has 1 aliphatic heterocycles. The third kappa shape index (κ3) is 5.24. The predicted octanol–water partition coefficient (Wildman–Crippen LogP) is 4.29. The Morgan fingerprint density at radius 3 is 2.41 bits per heavy atom. The topological polar surface area (TPSA) is 44.8 Å². The number of aryl methyl sites for hydroxylation is 1. The van der Waals surface area contributed by atoms with Crippen molar-refractivity contribution in [3.63, 3.8) is 0 Å². The molecule has 1 aliphatic rings. The fourth-order valence-corrected chi connectivity index (χ4v) is 4.79. The molecule has 0 unspecified atom stereocenters. The van der Waals surface area contributed by atoms with Gasteiger partial charge in [-0.2, -0.15) is 0 Å². The van der Waals surface area contributed by atoms with Gasteiger partial charge in [-0.3, -0.25) is 9.69 Å². The fraction of sp³-hybridized carbons (Fsp3) is 0.350. The lowest BCUT2D eigenvalue weighted by molar-refractivity contribution is -0.117. The molecule has 0 saturated carbocycles. The van der Waals surface area contributed by atoms with Crippen molar-refractivity contribution in [3.05, 3.63) is 50.9 Å². The van der Waals surface area contributed by atoms with E-state index in [9.17, 15) is 4.79 Å². The standard InChI is InChI=1S/C20H23Br2N3O2/c1-14-10-17(21)20(18(22)11-14)23-19(26)13-24-6-8-25(9-7-24)15-4-3-5-16(12-15)27-2/h3-5,10-12H,6-9,13H2,1-2H3,(H,23,26). The third-order valence-electron chi connectivity index (χ3n) is 4.61. The molecule has 2 aromatic carbocycles. The van der Waals surface area contributed by atoms with Gasteiger partial charge in [-0.1, -0.05) is 6.07 Å². The average molecular weight is 497 g/mol. The Morgan fingerprint density at radius 1 is 1.11 bits per heavy atom. The summed E-state index contributed by atoms with van der Waals surface area (Å²) in [6, 6.07) is 12.1. The van der Waals surface area contributed by atoms with Gasteiger partial charge in [0.25, 0.3) is 0 Å². The highest BCUT2D eigenvalue weighted by molar-refractivity contribution is 9.11. The van der Waals surface area contributed by atoms with Crippen molar-refractivity contribution in [2.75, 3.05) is 50.1 Å². The molecule has 1 saturated heterocycles. The molecule has 1 amide bonds. The molecule has 0 bridgehead atoms. The van der Waals surface area contributed by atoms with E-state index in [4.69, 9.17) is 4.74 Å². The van der Waals surface area contributed by atoms with Gasteiger partial charge in [0.2, 0.25) is 5.91 Å². The van der Waals surface area contributed by atoms with Crippen LogP contribution >= 0.6 is 31.9 Å². The number of amides is 1. The van der Waals surface area contributed by atoms with E-state index < -0.39 is 0 Å². The van der Waals surface area contributed by atoms with Gasteiger partial charge in [0.15, 0.2) is 0 Å². The first-order chi connectivity index (χ1) is 13.0. The average Bonchev–Trinajstić information content (AvgIpc) is 2.65. The first-order valence-corrected chi connectivity index (χ1v) is 10.4. The number of hydrogen-bond donors (Lipinski definition) is 1. The second-order valence-corrected chi connectivity index (χ2v) is 8.33. The number of anilines is 2. The molecule has 144 valence electrons. The lowest BCUT2D eigenvalue weighted by Crippen LogP contribution is -2.48. The number of ether oxygens (including phenoxy) is 1. The molecule has 0 radical (unpaired) electrons. The second kappa shape index (κ2) is 9.08. The van der Waals surface area contributed by atoms with E-state index in [-0.39, 0.29) is 5.91 Å². The number of hydrogen-bond acceptors (Lipinski definition) is 4. The quantitative estimate of drug-likeness (QED) is 0.670. The monoisotopic (exact) mass is 495 g/mol. The van der Waals surface area contributed by atoms with Crippen molar-refractivity contribution < 1.29 is 9.53 Å². The Bertz CT molecular complexity index is 798. The van der Waals surface area contributed by atoms with Crippen LogP contribution in [-0.2, 0) is 4.79 Å². The number of rotatable bonds is 5. The molecule has 0 spiro atoms. The number of benzene rings is 2. The Balaban J connectivity index is 1.54. The molecule has 1 N–H and O–H groups in total. The summed E-state index contributed by atoms with van der Waals surface area (Å²) in [6.45, 7) is 5.88. The summed E-state index contributed by atoms with van der Waals surface area (Å²) >= 11 is 7.04. The highest BCUT2D eigenvalue weighted by Crippen LogP contribution is 2.32. The third-order valence-corrected chi connectivity index (χ3v) is 5.86. The van der Waals surface area contributed by atoms with Crippen LogP contribution in [0.3, 0.4) is 0 Å². The zero-order valence-electron chi connectivity index (χ0n) is 15.5. The first kappa shape index (κ1) is 20.2. The number of methoxy groups -OCH3 is 1. The number of carbonyl (C=O) groups excluding carboxylic acids is 1. The molecular weight excluding hydrogens is 474 g/mol. The van der Waals surface area contributed by atoms with Gasteiger partial charge in [-0.25, -0.2) is 0 Å². The number of nitrogens with one attached hydrogen (secondary N) is 1. The van der Waals surface area contributed by atoms with Crippen LogP contribution in [0, 0.1) is 6.92 Å². The maximum absolute atomic E-state index is 12.5. The van der Waals surface area contributed by atoms with Crippen molar-refractivity contribution >= 4 is 49.1 Å². The minimum atomic E-state index is -0.00455. The van der Waals surface area contributed by atoms with Crippen LogP contribution in [0.25, 0.3) is 0 Å². The number of carbonyl (C=O) groups is 1. The summed E-state index contributed by atoms with van der Waals surface area (Å²) in [5, 5.41) is 3.01. The van der Waals surface area contributed by atoms with E-state index in [1.54, 1.807) is 7.11 Å². The lowest BCUT2D eigenvalue weighted by atomic mass is 10.2. The van der Waals surface area contributed by atoms with E-state index in [0.717, 1.165) is 57.8 Å². The zero-order chi connectivity index (χ0) is 19.4. The van der Waals surface area contributed by atoms with Gasteiger partial charge in [0.1, 0.15) is 5.75 Å². The smallest absolute Gasteiger partial charge is 0.238 e. The van der Waals surface area contributed by atoms with Crippen LogP contribution in [0.15, 0.2) is 45.3 Å². The minimum absolute atomic E-state index is 0.00455. The Hall–Kier alpha value is -1.57. The lowest BCUT2D eigenvalue weighted by Gasteiger charge is -2.35. The Morgan fingerprint density at radius 2 is 1.78 bits per heavy atom. The summed E-state index contributed by atoms with van der Waals surface area (Å²) in [4.78, 5) is 17.0. The van der Waals surface area contributed by atoms with Crippen LogP contribution in [0.5, 0.6) is 5.75 Å². The highest BCUT2D eigenvalue weighted by atomic mass is 79.9. The van der Waals surface area contributed by atoms with Gasteiger partial charge < -0.3 is 15.0 Å². The van der Waals surface area contributed by atoms with Crippen LogP contribution in [0.2, 0.25) is 0 Å². The molecule has 5 nitrogen and oxygen atoms in total. The summed E-state index contributed by atoms with van der Waals surface area (Å²) in [5.74, 6) is 0.860. The van der Waals surface area contributed by atoms with E-state index in [1.165, 1.54) is 0 Å². The van der Waals surface area contributed by atoms with E-state index in [1.807, 2.05) is 31.2 Å². The summed E-state index contributed by atoms with van der Waals surface area (Å²) in [7, 11) is 1.68. The molecule has 0 aliphatic carbocycles. The number of piperazine rings is 1. The van der Waals surface area contributed by atoms with Crippen molar-refractivity contribution in [1.29, 1.82) is 0 Å². The van der Waals surface area contributed by atoms with Gasteiger partial charge in [-0.05, 0) is 68.6 Å². The molecule has 1 heterocycles. The normalized spacial score (nSPS) is 14.9. The Labute approximate surface area is 176 Å². The maximum atomic E-state index is 12.5. The largest absolute Gasteiger partial charge is 0.497 e. The maximum Gasteiger partial charge on any atom is 0.238 e. The minimum Gasteiger partial charge on any atom is -0.497 e. The van der Waals surface area contributed by atoms with Crippen LogP contribution in [0.4, 0.5) is 11.4 Å². The fourth-order valence-electron chi connectivity index (χ4n) is 3.17. The van der Waals surface area contributed by atoms with Crippen molar-refractivity contribution in [3.8, 4) is 5.75 Å². The van der Waals surface area contributed by atoms with E-state index >= 15 is 0 Å². The highest BCUT2D eigenvalue weighted by Gasteiger charge is 2.20. The molecule has 0 aromatic heterocycles. The molecule has 3 rings (SSSR count). The van der Waals surface area contributed by atoms with Crippen LogP contribution < -0.4 is 15.0 Å². The van der Waals surface area contributed by atoms with Gasteiger partial charge in [0, 0.05) is 46.9 Å². The molecule has 27 heavy (non-hydrogen) atoms. The van der Waals surface area contributed by atoms with Crippen LogP contribution in [0.1, 0.15) is 5.56 Å². The van der Waals surface area contributed by atoms with Crippen LogP contribution in [-0.4, -0.2) is 50.6 Å². The molecule has 1 fully saturated rings. The molecule has 7 heteroatoms. The van der Waals surface area contributed by atoms with Crippen molar-refractivity contribution in [2.24, 2.45) is 0 Å². The van der Waals surface area contributed by atoms with Gasteiger partial charge >= 0.3 is 0 Å². The second-order valence-electron chi connectivity index (χ2n) is 6.62. The van der Waals surface area contributed by atoms with Crippen molar-refractivity contribution in [2.45, 2.75) is 6.92 Å². The molecule has 2 aromatic rings. The summed E-state index contributed by atoms with van der Waals surface area (Å²) in [5.41, 5.74) is 3.06. The first-order valence-electron chi connectivity index (χ1n) is 8.83. The number of halogens is 2. The SMILES string of the molecule is COc1cccc(N2CCN(CC(=O)Nc3c(Br)cc(C)cc3Br)CC2)c1. The Kier molecular flexibility index (Phi) is 6.78. The summed E-state index contributed by atoms with van der Waals surface area (Å²) < 4.78 is 7.07. The van der Waals surface area contributed by atoms with Gasteiger partial charge in [0.05, 0.1) is 19.3 Å². The van der Waals surface area contributed by atoms with E-state index in [0.29, 0.717) is 6.54 Å². The predicted molar refractivity (Wildman–Crippen MR) is 117 cm³/mol. The van der Waals surface area contributed by atoms with Crippen molar-refractivity contribution in [1.82, 2.24) is 4.90 Å². The zero-order valence-corrected chi connectivity index (χ0v) is 18.6. The molecule has 0 atom stereocenters. The number of nitrogens with zero attached hydrogens (tertiary/aromatic N) is 2. The van der Waals surface area contributed by atoms with Gasteiger partial charge in [-0.15, -0.1) is 0 Å². The summed E-state index contributed by atoms with van der Waals surface area (Å²) in [6.07, 6.45) is 0. The van der Waals surface area contributed by atoms with E-state index in [2.05, 4.69) is 59.1 Å². The molecular formula is C20H23Br2N3O2.